The topological polar surface area (TPSA) is 18.5 Å². The fraction of sp³-hybridized carbons (Fsp3) is 0.875. The molecule has 0 unspecified atom stereocenters. The van der Waals surface area contributed by atoms with E-state index >= 15 is 0 Å². The van der Waals surface area contributed by atoms with Crippen LogP contribution in [0.1, 0.15) is 40.0 Å². The second kappa shape index (κ2) is 6.38. The quantitative estimate of drug-likeness (QED) is 0.714. The van der Waals surface area contributed by atoms with Gasteiger partial charge >= 0.3 is 0 Å². The van der Waals surface area contributed by atoms with E-state index < -0.39 is 0 Å². The predicted molar refractivity (Wildman–Crippen MR) is 84.7 cm³/mol. The van der Waals surface area contributed by atoms with Gasteiger partial charge in [-0.1, -0.05) is 6.58 Å². The number of hydrogen-bond donors (Lipinski definition) is 1. The predicted octanol–water partition coefficient (Wildman–Crippen LogP) is 2.35. The van der Waals surface area contributed by atoms with Gasteiger partial charge < -0.3 is 15.1 Å². The first-order valence-electron chi connectivity index (χ1n) is 7.42. The summed E-state index contributed by atoms with van der Waals surface area (Å²) in [5.41, 5.74) is 1.85. The van der Waals surface area contributed by atoms with Crippen molar-refractivity contribution in [2.45, 2.75) is 51.1 Å². The summed E-state index contributed by atoms with van der Waals surface area (Å²) in [5.74, 6) is 0. The van der Waals surface area contributed by atoms with Crippen LogP contribution >= 0.6 is 0 Å². The fourth-order valence-corrected chi connectivity index (χ4v) is 2.72. The first-order valence-corrected chi connectivity index (χ1v) is 7.42. The van der Waals surface area contributed by atoms with E-state index in [0.29, 0.717) is 5.54 Å². The average molecular weight is 267 g/mol. The van der Waals surface area contributed by atoms with E-state index in [9.17, 15) is 0 Å². The molecule has 1 saturated carbocycles. The molecule has 1 aliphatic rings. The molecule has 0 aromatic carbocycles. The smallest absolute Gasteiger partial charge is 0.0330 e. The maximum Gasteiger partial charge on any atom is 0.0330 e. The van der Waals surface area contributed by atoms with Gasteiger partial charge in [-0.05, 0) is 66.7 Å². The lowest BCUT2D eigenvalue weighted by molar-refractivity contribution is 0.0300. The Morgan fingerprint density at radius 2 is 1.79 bits per heavy atom. The molecule has 19 heavy (non-hydrogen) atoms. The molecular formula is C16H33N3. The van der Waals surface area contributed by atoms with E-state index in [1.54, 1.807) is 0 Å². The van der Waals surface area contributed by atoms with Crippen molar-refractivity contribution in [3.05, 3.63) is 12.2 Å². The van der Waals surface area contributed by atoms with Gasteiger partial charge in [0.15, 0.2) is 0 Å². The first-order chi connectivity index (χ1) is 8.65. The van der Waals surface area contributed by atoms with Gasteiger partial charge in [-0.15, -0.1) is 0 Å². The summed E-state index contributed by atoms with van der Waals surface area (Å²) < 4.78 is 0. The van der Waals surface area contributed by atoms with Gasteiger partial charge in [0.25, 0.3) is 0 Å². The van der Waals surface area contributed by atoms with E-state index in [4.69, 9.17) is 0 Å². The lowest BCUT2D eigenvalue weighted by Gasteiger charge is -2.49. The van der Waals surface area contributed by atoms with Gasteiger partial charge in [-0.25, -0.2) is 0 Å². The Morgan fingerprint density at radius 1 is 1.21 bits per heavy atom. The monoisotopic (exact) mass is 267 g/mol. The lowest BCUT2D eigenvalue weighted by atomic mass is 9.75. The summed E-state index contributed by atoms with van der Waals surface area (Å²) in [5, 5.41) is 3.50. The molecule has 0 radical (unpaired) electrons. The first kappa shape index (κ1) is 16.7. The molecule has 0 spiro atoms. The van der Waals surface area contributed by atoms with Crippen LogP contribution < -0.4 is 5.32 Å². The number of nitrogens with zero attached hydrogens (tertiary/aromatic N) is 2. The van der Waals surface area contributed by atoms with Crippen LogP contribution in [-0.2, 0) is 0 Å². The Kier molecular flexibility index (Phi) is 5.60. The molecule has 112 valence electrons. The molecule has 0 atom stereocenters. The molecular weight excluding hydrogens is 234 g/mol. The normalized spacial score (nSPS) is 18.7. The van der Waals surface area contributed by atoms with Gasteiger partial charge in [0.05, 0.1) is 0 Å². The van der Waals surface area contributed by atoms with Gasteiger partial charge in [-0.3, -0.25) is 0 Å². The highest BCUT2D eigenvalue weighted by Gasteiger charge is 2.39. The molecule has 0 aromatic heterocycles. The zero-order valence-electron chi connectivity index (χ0n) is 13.8. The molecule has 3 heteroatoms. The van der Waals surface area contributed by atoms with Crippen LogP contribution in [0.25, 0.3) is 0 Å². The molecule has 3 nitrogen and oxygen atoms in total. The van der Waals surface area contributed by atoms with Crippen molar-refractivity contribution in [2.24, 2.45) is 0 Å². The third kappa shape index (κ3) is 5.25. The molecule has 1 N–H and O–H groups in total. The maximum absolute atomic E-state index is 4.20. The van der Waals surface area contributed by atoms with Crippen LogP contribution in [0, 0.1) is 0 Å². The maximum atomic E-state index is 4.20. The lowest BCUT2D eigenvalue weighted by Crippen LogP contribution is -2.56. The highest BCUT2D eigenvalue weighted by atomic mass is 15.2. The van der Waals surface area contributed by atoms with E-state index in [0.717, 1.165) is 19.6 Å². The van der Waals surface area contributed by atoms with Crippen molar-refractivity contribution in [2.75, 3.05) is 40.8 Å². The molecule has 0 bridgehead atoms. The summed E-state index contributed by atoms with van der Waals surface area (Å²) in [6.45, 7) is 13.8. The SMILES string of the molecule is C=C(CNC(C)(C)C)CN(C)CC1(N(C)C)CCC1. The minimum absolute atomic E-state index is 0.167. The van der Waals surface area contributed by atoms with Crippen molar-refractivity contribution in [3.8, 4) is 0 Å². The average Bonchev–Trinajstić information content (AvgIpc) is 2.19. The molecule has 1 aliphatic carbocycles. The van der Waals surface area contributed by atoms with Gasteiger partial charge in [0, 0.05) is 30.7 Å². The van der Waals surface area contributed by atoms with Crippen molar-refractivity contribution in [3.63, 3.8) is 0 Å². The highest BCUT2D eigenvalue weighted by Crippen LogP contribution is 2.36. The van der Waals surface area contributed by atoms with Crippen LogP contribution in [0.15, 0.2) is 12.2 Å². The zero-order chi connectivity index (χ0) is 14.7. The van der Waals surface area contributed by atoms with E-state index in [1.165, 1.54) is 24.8 Å². The fourth-order valence-electron chi connectivity index (χ4n) is 2.72. The minimum atomic E-state index is 0.167. The van der Waals surface area contributed by atoms with Crippen LogP contribution in [0.4, 0.5) is 0 Å². The Hall–Kier alpha value is -0.380. The summed E-state index contributed by atoms with van der Waals surface area (Å²) >= 11 is 0. The van der Waals surface area contributed by atoms with Crippen molar-refractivity contribution in [1.82, 2.24) is 15.1 Å². The number of likely N-dealkylation sites (N-methyl/N-ethyl adjacent to an activating group) is 2. The Morgan fingerprint density at radius 3 is 2.16 bits per heavy atom. The number of nitrogens with one attached hydrogen (secondary N) is 1. The molecule has 1 rings (SSSR count). The summed E-state index contributed by atoms with van der Waals surface area (Å²) in [6.07, 6.45) is 4.03. The van der Waals surface area contributed by atoms with Gasteiger partial charge in [0.1, 0.15) is 0 Å². The van der Waals surface area contributed by atoms with Crippen molar-refractivity contribution >= 4 is 0 Å². The summed E-state index contributed by atoms with van der Waals surface area (Å²) in [4.78, 5) is 4.83. The van der Waals surface area contributed by atoms with Crippen LogP contribution in [-0.4, -0.2) is 61.7 Å². The third-order valence-electron chi connectivity index (χ3n) is 4.16. The molecule has 0 aliphatic heterocycles. The van der Waals surface area contributed by atoms with E-state index in [2.05, 4.69) is 63.6 Å². The molecule has 0 saturated heterocycles. The van der Waals surface area contributed by atoms with Gasteiger partial charge in [-0.2, -0.15) is 0 Å². The second-order valence-electron chi connectivity index (χ2n) is 7.50. The standard InChI is InChI=1S/C16H33N3/c1-14(11-17-15(2,3)4)12-19(7)13-16(18(5)6)9-8-10-16/h17H,1,8-13H2,2-7H3. The Bertz CT molecular complexity index is 298. The van der Waals surface area contributed by atoms with Crippen LogP contribution in [0.5, 0.6) is 0 Å². The Balaban J connectivity index is 2.34. The van der Waals surface area contributed by atoms with Crippen molar-refractivity contribution < 1.29 is 0 Å². The molecule has 1 fully saturated rings. The van der Waals surface area contributed by atoms with E-state index in [1.807, 2.05) is 0 Å². The minimum Gasteiger partial charge on any atom is -0.308 e. The van der Waals surface area contributed by atoms with E-state index in [-0.39, 0.29) is 5.54 Å². The Labute approximate surface area is 120 Å². The number of hydrogen-bond acceptors (Lipinski definition) is 3. The summed E-state index contributed by atoms with van der Waals surface area (Å²) in [7, 11) is 6.64. The molecule has 0 heterocycles. The largest absolute Gasteiger partial charge is 0.308 e. The van der Waals surface area contributed by atoms with Crippen LogP contribution in [0.2, 0.25) is 0 Å². The highest BCUT2D eigenvalue weighted by molar-refractivity contribution is 5.04. The van der Waals surface area contributed by atoms with Crippen molar-refractivity contribution in [1.29, 1.82) is 0 Å². The molecule has 0 aromatic rings. The zero-order valence-corrected chi connectivity index (χ0v) is 13.8. The molecule has 0 amide bonds. The summed E-state index contributed by atoms with van der Waals surface area (Å²) in [6, 6.07) is 0. The second-order valence-corrected chi connectivity index (χ2v) is 7.50. The van der Waals surface area contributed by atoms with Crippen LogP contribution in [0.3, 0.4) is 0 Å². The number of rotatable bonds is 7. The third-order valence-corrected chi connectivity index (χ3v) is 4.16. The van der Waals surface area contributed by atoms with Gasteiger partial charge in [0.2, 0.25) is 0 Å².